The molecule has 1 aromatic heterocycles. The Labute approximate surface area is 106 Å². The summed E-state index contributed by atoms with van der Waals surface area (Å²) in [5.41, 5.74) is 2.10. The SMILES string of the molecule is CCC(=O)N1CCC[C@H]1n1cnc2ccccc21. The zero-order valence-electron chi connectivity index (χ0n) is 10.5. The number of carbonyl (C=O) groups excluding carboxylic acids is 1. The lowest BCUT2D eigenvalue weighted by Crippen LogP contribution is -2.32. The molecule has 1 atom stereocenters. The second-order valence-corrected chi connectivity index (χ2v) is 4.70. The number of aromatic nitrogens is 2. The number of para-hydroxylation sites is 2. The number of nitrogens with zero attached hydrogens (tertiary/aromatic N) is 3. The lowest BCUT2D eigenvalue weighted by Gasteiger charge is -2.25. The van der Waals surface area contributed by atoms with Crippen molar-refractivity contribution in [1.29, 1.82) is 0 Å². The van der Waals surface area contributed by atoms with Crippen LogP contribution in [0.2, 0.25) is 0 Å². The van der Waals surface area contributed by atoms with Crippen molar-refractivity contribution >= 4 is 16.9 Å². The zero-order valence-corrected chi connectivity index (χ0v) is 10.5. The molecule has 4 nitrogen and oxygen atoms in total. The minimum Gasteiger partial charge on any atom is -0.322 e. The fraction of sp³-hybridized carbons (Fsp3) is 0.429. The largest absolute Gasteiger partial charge is 0.322 e. The Balaban J connectivity index is 2.01. The summed E-state index contributed by atoms with van der Waals surface area (Å²) in [6.45, 7) is 2.79. The summed E-state index contributed by atoms with van der Waals surface area (Å²) in [6, 6.07) is 8.08. The van der Waals surface area contributed by atoms with Gasteiger partial charge in [-0.05, 0) is 25.0 Å². The summed E-state index contributed by atoms with van der Waals surface area (Å²) in [5.74, 6) is 0.232. The van der Waals surface area contributed by atoms with Crippen molar-refractivity contribution in [2.24, 2.45) is 0 Å². The van der Waals surface area contributed by atoms with Crippen molar-refractivity contribution in [2.45, 2.75) is 32.4 Å². The van der Waals surface area contributed by atoms with Gasteiger partial charge in [-0.15, -0.1) is 0 Å². The van der Waals surface area contributed by atoms with Gasteiger partial charge in [0.15, 0.2) is 0 Å². The van der Waals surface area contributed by atoms with Crippen LogP contribution in [0.3, 0.4) is 0 Å². The molecule has 1 aromatic carbocycles. The molecule has 0 radical (unpaired) electrons. The molecule has 1 amide bonds. The predicted octanol–water partition coefficient (Wildman–Crippen LogP) is 2.57. The monoisotopic (exact) mass is 243 g/mol. The van der Waals surface area contributed by atoms with Gasteiger partial charge in [0.05, 0.1) is 17.4 Å². The molecule has 0 spiro atoms. The molecule has 1 aliphatic heterocycles. The van der Waals surface area contributed by atoms with E-state index in [4.69, 9.17) is 0 Å². The number of carbonyl (C=O) groups is 1. The molecule has 2 heterocycles. The minimum atomic E-state index is 0.143. The third kappa shape index (κ3) is 1.68. The van der Waals surface area contributed by atoms with Crippen LogP contribution >= 0.6 is 0 Å². The van der Waals surface area contributed by atoms with Crippen molar-refractivity contribution in [3.05, 3.63) is 30.6 Å². The van der Waals surface area contributed by atoms with Gasteiger partial charge in [-0.2, -0.15) is 0 Å². The molecular weight excluding hydrogens is 226 g/mol. The second kappa shape index (κ2) is 4.44. The molecule has 94 valence electrons. The maximum atomic E-state index is 11.9. The molecule has 0 bridgehead atoms. The van der Waals surface area contributed by atoms with Crippen LogP contribution in [-0.4, -0.2) is 26.9 Å². The van der Waals surface area contributed by atoms with E-state index in [2.05, 4.69) is 15.6 Å². The lowest BCUT2D eigenvalue weighted by molar-refractivity contribution is -0.133. The number of rotatable bonds is 2. The number of imidazole rings is 1. The number of hydrogen-bond donors (Lipinski definition) is 0. The zero-order chi connectivity index (χ0) is 12.5. The Hall–Kier alpha value is -1.84. The first-order chi connectivity index (χ1) is 8.81. The Morgan fingerprint density at radius 2 is 2.28 bits per heavy atom. The molecule has 1 saturated heterocycles. The van der Waals surface area contributed by atoms with Crippen molar-refractivity contribution in [2.75, 3.05) is 6.54 Å². The molecule has 1 fully saturated rings. The van der Waals surface area contributed by atoms with Crippen LogP contribution in [0.1, 0.15) is 32.4 Å². The van der Waals surface area contributed by atoms with Gasteiger partial charge in [0.1, 0.15) is 6.17 Å². The highest BCUT2D eigenvalue weighted by molar-refractivity contribution is 5.78. The molecule has 0 aliphatic carbocycles. The van der Waals surface area contributed by atoms with Gasteiger partial charge in [-0.3, -0.25) is 4.79 Å². The van der Waals surface area contributed by atoms with E-state index >= 15 is 0 Å². The van der Waals surface area contributed by atoms with Crippen LogP contribution in [0.25, 0.3) is 11.0 Å². The first-order valence-corrected chi connectivity index (χ1v) is 6.52. The third-order valence-electron chi connectivity index (χ3n) is 3.65. The number of likely N-dealkylation sites (tertiary alicyclic amines) is 1. The molecular formula is C14H17N3O. The fourth-order valence-corrected chi connectivity index (χ4v) is 2.75. The second-order valence-electron chi connectivity index (χ2n) is 4.70. The van der Waals surface area contributed by atoms with Crippen molar-refractivity contribution in [3.63, 3.8) is 0 Å². The summed E-state index contributed by atoms with van der Waals surface area (Å²) in [5, 5.41) is 0. The van der Waals surface area contributed by atoms with Gasteiger partial charge in [0, 0.05) is 13.0 Å². The average molecular weight is 243 g/mol. The normalized spacial score (nSPS) is 19.6. The highest BCUT2D eigenvalue weighted by atomic mass is 16.2. The number of hydrogen-bond acceptors (Lipinski definition) is 2. The van der Waals surface area contributed by atoms with Crippen LogP contribution in [0.4, 0.5) is 0 Å². The smallest absolute Gasteiger partial charge is 0.223 e. The highest BCUT2D eigenvalue weighted by Gasteiger charge is 2.29. The minimum absolute atomic E-state index is 0.143. The number of amides is 1. The highest BCUT2D eigenvalue weighted by Crippen LogP contribution is 2.30. The summed E-state index contributed by atoms with van der Waals surface area (Å²) >= 11 is 0. The van der Waals surface area contributed by atoms with Crippen LogP contribution < -0.4 is 0 Å². The van der Waals surface area contributed by atoms with E-state index < -0.39 is 0 Å². The Bertz CT molecular complexity index is 575. The van der Waals surface area contributed by atoms with Crippen molar-refractivity contribution in [3.8, 4) is 0 Å². The van der Waals surface area contributed by atoms with E-state index in [1.165, 1.54) is 0 Å². The van der Waals surface area contributed by atoms with E-state index in [-0.39, 0.29) is 12.1 Å². The first kappa shape index (κ1) is 11.3. The summed E-state index contributed by atoms with van der Waals surface area (Å²) < 4.78 is 2.13. The maximum Gasteiger partial charge on any atom is 0.223 e. The van der Waals surface area contributed by atoms with Crippen LogP contribution in [0.15, 0.2) is 30.6 Å². The quantitative estimate of drug-likeness (QED) is 0.813. The first-order valence-electron chi connectivity index (χ1n) is 6.52. The molecule has 3 rings (SSSR count). The van der Waals surface area contributed by atoms with Gasteiger partial charge >= 0.3 is 0 Å². The van der Waals surface area contributed by atoms with Crippen LogP contribution in [0, 0.1) is 0 Å². The maximum absolute atomic E-state index is 11.9. The van der Waals surface area contributed by atoms with Gasteiger partial charge in [-0.25, -0.2) is 4.98 Å². The fourth-order valence-electron chi connectivity index (χ4n) is 2.75. The molecule has 0 unspecified atom stereocenters. The van der Waals surface area contributed by atoms with E-state index in [1.54, 1.807) is 0 Å². The van der Waals surface area contributed by atoms with Crippen molar-refractivity contribution < 1.29 is 4.79 Å². The summed E-state index contributed by atoms with van der Waals surface area (Å²) in [4.78, 5) is 18.3. The van der Waals surface area contributed by atoms with Crippen molar-refractivity contribution in [1.82, 2.24) is 14.5 Å². The van der Waals surface area contributed by atoms with Gasteiger partial charge in [0.25, 0.3) is 0 Å². The van der Waals surface area contributed by atoms with Gasteiger partial charge in [0.2, 0.25) is 5.91 Å². The molecule has 0 N–H and O–H groups in total. The molecule has 2 aromatic rings. The molecule has 0 saturated carbocycles. The van der Waals surface area contributed by atoms with Gasteiger partial charge < -0.3 is 9.47 Å². The summed E-state index contributed by atoms with van der Waals surface area (Å²) in [6.07, 6.45) is 4.67. The van der Waals surface area contributed by atoms with Gasteiger partial charge in [-0.1, -0.05) is 19.1 Å². The number of fused-ring (bicyclic) bond motifs is 1. The van der Waals surface area contributed by atoms with E-state index in [1.807, 2.05) is 36.4 Å². The Morgan fingerprint density at radius 1 is 1.44 bits per heavy atom. The Kier molecular flexibility index (Phi) is 2.78. The molecule has 4 heteroatoms. The third-order valence-corrected chi connectivity index (χ3v) is 3.65. The average Bonchev–Trinajstić information content (AvgIpc) is 3.03. The standard InChI is InChI=1S/C14H17N3O/c1-2-14(18)16-9-5-8-13(16)17-10-15-11-6-3-4-7-12(11)17/h3-4,6-7,10,13H,2,5,8-9H2,1H3/t13-/m1/s1. The predicted molar refractivity (Wildman–Crippen MR) is 70.0 cm³/mol. The Morgan fingerprint density at radius 3 is 3.11 bits per heavy atom. The van der Waals surface area contributed by atoms with E-state index in [9.17, 15) is 4.79 Å². The van der Waals surface area contributed by atoms with Crippen LogP contribution in [0.5, 0.6) is 0 Å². The van der Waals surface area contributed by atoms with E-state index in [0.717, 1.165) is 30.4 Å². The van der Waals surface area contributed by atoms with Crippen LogP contribution in [-0.2, 0) is 4.79 Å². The van der Waals surface area contributed by atoms with E-state index in [0.29, 0.717) is 6.42 Å². The summed E-state index contributed by atoms with van der Waals surface area (Å²) in [7, 11) is 0. The molecule has 18 heavy (non-hydrogen) atoms. The molecule has 1 aliphatic rings. The topological polar surface area (TPSA) is 38.1 Å². The number of benzene rings is 1. The lowest BCUT2D eigenvalue weighted by atomic mass is 10.3.